The standard InChI is InChI=1S/C23H18N6O/c1-16-19(9-10-22(27-16)29-13-5-12-26-29)23(30)28(2)18-8-7-17(15-24)20(14-18)21-6-3-4-11-25-21/h3-14H,1-2H3. The molecule has 0 bridgehead atoms. The minimum Gasteiger partial charge on any atom is -0.311 e. The van der Waals surface area contributed by atoms with E-state index < -0.39 is 0 Å². The molecule has 0 spiro atoms. The number of benzene rings is 1. The van der Waals surface area contributed by atoms with Crippen molar-refractivity contribution in [1.29, 1.82) is 5.26 Å². The van der Waals surface area contributed by atoms with Crippen LogP contribution in [0.25, 0.3) is 17.1 Å². The van der Waals surface area contributed by atoms with Gasteiger partial charge in [0.25, 0.3) is 5.91 Å². The van der Waals surface area contributed by atoms with E-state index >= 15 is 0 Å². The van der Waals surface area contributed by atoms with Crippen molar-refractivity contribution >= 4 is 11.6 Å². The zero-order valence-electron chi connectivity index (χ0n) is 16.5. The molecule has 3 heterocycles. The van der Waals surface area contributed by atoms with Crippen LogP contribution in [0.4, 0.5) is 5.69 Å². The summed E-state index contributed by atoms with van der Waals surface area (Å²) in [4.78, 5) is 23.5. The van der Waals surface area contributed by atoms with Crippen LogP contribution in [0.5, 0.6) is 0 Å². The molecule has 7 nitrogen and oxygen atoms in total. The van der Waals surface area contributed by atoms with Crippen molar-refractivity contribution in [1.82, 2.24) is 19.7 Å². The van der Waals surface area contributed by atoms with Crippen molar-refractivity contribution in [3.05, 3.63) is 90.0 Å². The van der Waals surface area contributed by atoms with Crippen molar-refractivity contribution in [2.75, 3.05) is 11.9 Å². The third-order valence-corrected chi connectivity index (χ3v) is 4.80. The van der Waals surface area contributed by atoms with Gasteiger partial charge >= 0.3 is 0 Å². The van der Waals surface area contributed by atoms with Crippen molar-refractivity contribution in [2.45, 2.75) is 6.92 Å². The fraction of sp³-hybridized carbons (Fsp3) is 0.0870. The number of pyridine rings is 2. The summed E-state index contributed by atoms with van der Waals surface area (Å²) in [6.45, 7) is 1.80. The van der Waals surface area contributed by atoms with Gasteiger partial charge in [-0.3, -0.25) is 9.78 Å². The quantitative estimate of drug-likeness (QED) is 0.526. The molecule has 0 unspecified atom stereocenters. The van der Waals surface area contributed by atoms with Crippen molar-refractivity contribution in [3.8, 4) is 23.1 Å². The first-order valence-electron chi connectivity index (χ1n) is 9.30. The highest BCUT2D eigenvalue weighted by molar-refractivity contribution is 6.06. The number of aromatic nitrogens is 4. The number of rotatable bonds is 4. The molecule has 7 heteroatoms. The molecule has 1 amide bonds. The van der Waals surface area contributed by atoms with Gasteiger partial charge in [0.05, 0.1) is 28.6 Å². The number of hydrogen-bond donors (Lipinski definition) is 0. The van der Waals surface area contributed by atoms with Crippen LogP contribution >= 0.6 is 0 Å². The van der Waals surface area contributed by atoms with Gasteiger partial charge in [-0.2, -0.15) is 10.4 Å². The molecule has 0 aliphatic heterocycles. The highest BCUT2D eigenvalue weighted by Gasteiger charge is 2.19. The molecule has 0 aliphatic carbocycles. The van der Waals surface area contributed by atoms with E-state index in [-0.39, 0.29) is 5.91 Å². The Morgan fingerprint density at radius 1 is 1.10 bits per heavy atom. The molecule has 0 fully saturated rings. The molecule has 1 aromatic carbocycles. The molecule has 30 heavy (non-hydrogen) atoms. The maximum absolute atomic E-state index is 13.1. The molecule has 0 radical (unpaired) electrons. The molecule has 0 atom stereocenters. The lowest BCUT2D eigenvalue weighted by Crippen LogP contribution is -2.27. The summed E-state index contributed by atoms with van der Waals surface area (Å²) < 4.78 is 1.64. The summed E-state index contributed by atoms with van der Waals surface area (Å²) in [5.41, 5.74) is 3.63. The smallest absolute Gasteiger partial charge is 0.259 e. The zero-order chi connectivity index (χ0) is 21.1. The average Bonchev–Trinajstić information content (AvgIpc) is 3.33. The third-order valence-electron chi connectivity index (χ3n) is 4.80. The van der Waals surface area contributed by atoms with E-state index in [1.165, 1.54) is 0 Å². The van der Waals surface area contributed by atoms with Crippen LogP contribution in [0.3, 0.4) is 0 Å². The van der Waals surface area contributed by atoms with Gasteiger partial charge in [-0.1, -0.05) is 6.07 Å². The Morgan fingerprint density at radius 3 is 2.63 bits per heavy atom. The second-order valence-electron chi connectivity index (χ2n) is 6.67. The van der Waals surface area contributed by atoms with Crippen LogP contribution in [0.2, 0.25) is 0 Å². The molecule has 4 aromatic rings. The summed E-state index contributed by atoms with van der Waals surface area (Å²) in [5, 5.41) is 13.6. The Morgan fingerprint density at radius 2 is 1.97 bits per heavy atom. The highest BCUT2D eigenvalue weighted by atomic mass is 16.2. The Bertz CT molecular complexity index is 1240. The monoisotopic (exact) mass is 394 g/mol. The molecule has 0 saturated carbocycles. The van der Waals surface area contributed by atoms with E-state index in [4.69, 9.17) is 0 Å². The van der Waals surface area contributed by atoms with Crippen LogP contribution < -0.4 is 4.90 Å². The normalized spacial score (nSPS) is 10.4. The van der Waals surface area contributed by atoms with E-state index in [0.717, 1.165) is 0 Å². The van der Waals surface area contributed by atoms with E-state index in [1.54, 1.807) is 72.5 Å². The Kier molecular flexibility index (Phi) is 5.06. The number of nitriles is 1. The van der Waals surface area contributed by atoms with Gasteiger partial charge in [-0.15, -0.1) is 0 Å². The van der Waals surface area contributed by atoms with Crippen LogP contribution in [-0.2, 0) is 0 Å². The number of hydrogen-bond acceptors (Lipinski definition) is 5. The summed E-state index contributed by atoms with van der Waals surface area (Å²) in [6.07, 6.45) is 5.15. The summed E-state index contributed by atoms with van der Waals surface area (Å²) in [7, 11) is 1.70. The van der Waals surface area contributed by atoms with E-state index in [2.05, 4.69) is 21.1 Å². The first-order chi connectivity index (χ1) is 14.6. The van der Waals surface area contributed by atoms with Crippen molar-refractivity contribution < 1.29 is 4.79 Å². The van der Waals surface area contributed by atoms with E-state index in [9.17, 15) is 10.1 Å². The first-order valence-corrected chi connectivity index (χ1v) is 9.30. The lowest BCUT2D eigenvalue weighted by molar-refractivity contribution is 0.0992. The average molecular weight is 394 g/mol. The second kappa shape index (κ2) is 7.97. The molecule has 0 saturated heterocycles. The SMILES string of the molecule is Cc1nc(-n2cccn2)ccc1C(=O)N(C)c1ccc(C#N)c(-c2ccccn2)c1. The van der Waals surface area contributed by atoms with Gasteiger partial charge in [0.1, 0.15) is 0 Å². The van der Waals surface area contributed by atoms with Gasteiger partial charge in [-0.25, -0.2) is 9.67 Å². The number of carbonyl (C=O) groups excluding carboxylic acids is 1. The largest absolute Gasteiger partial charge is 0.311 e. The Balaban J connectivity index is 1.67. The summed E-state index contributed by atoms with van der Waals surface area (Å²) >= 11 is 0. The fourth-order valence-electron chi connectivity index (χ4n) is 3.18. The lowest BCUT2D eigenvalue weighted by Gasteiger charge is -2.20. The van der Waals surface area contributed by atoms with Crippen molar-refractivity contribution in [2.24, 2.45) is 0 Å². The maximum Gasteiger partial charge on any atom is 0.259 e. The predicted octanol–water partition coefficient (Wildman–Crippen LogP) is 3.79. The van der Waals surface area contributed by atoms with Gasteiger partial charge in [-0.05, 0) is 55.5 Å². The molecule has 146 valence electrons. The number of amides is 1. The highest BCUT2D eigenvalue weighted by Crippen LogP contribution is 2.27. The molecular weight excluding hydrogens is 376 g/mol. The Labute approximate surface area is 173 Å². The van der Waals surface area contributed by atoms with Gasteiger partial charge in [0, 0.05) is 36.9 Å². The van der Waals surface area contributed by atoms with E-state index in [1.807, 2.05) is 24.3 Å². The van der Waals surface area contributed by atoms with Crippen LogP contribution in [0.1, 0.15) is 21.6 Å². The van der Waals surface area contributed by atoms with Crippen LogP contribution in [0.15, 0.2) is 73.2 Å². The van der Waals surface area contributed by atoms with Gasteiger partial charge < -0.3 is 4.90 Å². The second-order valence-corrected chi connectivity index (χ2v) is 6.67. The number of carbonyl (C=O) groups is 1. The molecule has 4 rings (SSSR count). The zero-order valence-corrected chi connectivity index (χ0v) is 16.5. The minimum absolute atomic E-state index is 0.191. The molecule has 0 N–H and O–H groups in total. The predicted molar refractivity (Wildman–Crippen MR) is 113 cm³/mol. The number of aryl methyl sites for hydroxylation is 1. The van der Waals surface area contributed by atoms with Crippen LogP contribution in [-0.4, -0.2) is 32.7 Å². The fourth-order valence-corrected chi connectivity index (χ4v) is 3.18. The van der Waals surface area contributed by atoms with Crippen LogP contribution in [0, 0.1) is 18.3 Å². The maximum atomic E-state index is 13.1. The first kappa shape index (κ1) is 19.0. The topological polar surface area (TPSA) is 87.7 Å². The lowest BCUT2D eigenvalue weighted by atomic mass is 10.0. The molecule has 0 aliphatic rings. The van der Waals surface area contributed by atoms with Crippen molar-refractivity contribution in [3.63, 3.8) is 0 Å². The number of anilines is 1. The molecular formula is C23H18N6O. The minimum atomic E-state index is -0.191. The molecule has 3 aromatic heterocycles. The summed E-state index contributed by atoms with van der Waals surface area (Å²) in [6, 6.07) is 18.3. The van der Waals surface area contributed by atoms with E-state index in [0.29, 0.717) is 39.6 Å². The third kappa shape index (κ3) is 3.54. The van der Waals surface area contributed by atoms with Gasteiger partial charge in [0.2, 0.25) is 0 Å². The van der Waals surface area contributed by atoms with Gasteiger partial charge in [0.15, 0.2) is 5.82 Å². The Hall–Kier alpha value is -4.31. The summed E-state index contributed by atoms with van der Waals surface area (Å²) in [5.74, 6) is 0.455. The number of nitrogens with zero attached hydrogens (tertiary/aromatic N) is 6.